The number of aliphatic carboxylic acids is 1. The fourth-order valence-electron chi connectivity index (χ4n) is 2.83. The Morgan fingerprint density at radius 1 is 1.00 bits per heavy atom. The Labute approximate surface area is 195 Å². The van der Waals surface area contributed by atoms with E-state index in [1.165, 1.54) is 7.11 Å². The zero-order valence-corrected chi connectivity index (χ0v) is 20.2. The maximum Gasteiger partial charge on any atom is 0.311 e. The van der Waals surface area contributed by atoms with Gasteiger partial charge in [0, 0.05) is 12.5 Å². The molecule has 0 saturated carbocycles. The molecule has 4 N–H and O–H groups in total. The van der Waals surface area contributed by atoms with Gasteiger partial charge < -0.3 is 30.3 Å². The predicted molar refractivity (Wildman–Crippen MR) is 117 cm³/mol. The lowest BCUT2D eigenvalue weighted by Gasteiger charge is -2.27. The maximum atomic E-state index is 12.5. The van der Waals surface area contributed by atoms with E-state index in [1.54, 1.807) is 13.8 Å². The Bertz CT molecular complexity index is 655. The number of rotatable bonds is 16. The van der Waals surface area contributed by atoms with Gasteiger partial charge in [-0.3, -0.25) is 24.0 Å². The van der Waals surface area contributed by atoms with E-state index in [2.05, 4.69) is 26.6 Å². The van der Waals surface area contributed by atoms with E-state index >= 15 is 0 Å². The molecule has 12 heteroatoms. The van der Waals surface area contributed by atoms with Gasteiger partial charge in [0.25, 0.3) is 0 Å². The molecule has 32 heavy (non-hydrogen) atoms. The second kappa shape index (κ2) is 15.6. The summed E-state index contributed by atoms with van der Waals surface area (Å²) in [7, 11) is 1.27. The average molecular weight is 525 g/mol. The van der Waals surface area contributed by atoms with Gasteiger partial charge in [0.05, 0.1) is 43.3 Å². The van der Waals surface area contributed by atoms with Crippen LogP contribution in [0.3, 0.4) is 0 Å². The standard InChI is InChI=1S/C20H33BrN2O9/c1-20(2,19(30)31-3)12-13(17(28)22-8-10-24)4-5-14(21)18(29)23-9-11-32-16(27)7-6-15(25)26/h13-14,24H,4-12H2,1-3H3,(H,22,28)(H,23,29)(H,25,26). The Balaban J connectivity index is 4.62. The van der Waals surface area contributed by atoms with Gasteiger partial charge in [-0.15, -0.1) is 0 Å². The first-order valence-electron chi connectivity index (χ1n) is 10.2. The molecule has 2 atom stereocenters. The summed E-state index contributed by atoms with van der Waals surface area (Å²) < 4.78 is 9.62. The highest BCUT2D eigenvalue weighted by Crippen LogP contribution is 2.30. The molecule has 0 rings (SSSR count). The molecule has 0 aliphatic heterocycles. The van der Waals surface area contributed by atoms with Crippen LogP contribution in [0.15, 0.2) is 0 Å². The molecule has 11 nitrogen and oxygen atoms in total. The maximum absolute atomic E-state index is 12.5. The summed E-state index contributed by atoms with van der Waals surface area (Å²) >= 11 is 3.27. The average Bonchev–Trinajstić information content (AvgIpc) is 2.74. The first kappa shape index (κ1) is 29.8. The van der Waals surface area contributed by atoms with Gasteiger partial charge >= 0.3 is 17.9 Å². The molecule has 184 valence electrons. The Hall–Kier alpha value is -2.21. The number of aliphatic hydroxyl groups excluding tert-OH is 1. The number of aliphatic hydroxyl groups is 1. The minimum atomic E-state index is -1.10. The molecule has 2 unspecified atom stereocenters. The van der Waals surface area contributed by atoms with E-state index in [0.29, 0.717) is 12.8 Å². The number of esters is 2. The van der Waals surface area contributed by atoms with Crippen LogP contribution in [0.2, 0.25) is 0 Å². The van der Waals surface area contributed by atoms with Gasteiger partial charge in [-0.2, -0.15) is 0 Å². The van der Waals surface area contributed by atoms with Crippen LogP contribution >= 0.6 is 15.9 Å². The van der Waals surface area contributed by atoms with Gasteiger partial charge in [0.2, 0.25) is 11.8 Å². The van der Waals surface area contributed by atoms with E-state index in [-0.39, 0.29) is 57.4 Å². The molecule has 0 aromatic heterocycles. The summed E-state index contributed by atoms with van der Waals surface area (Å²) in [6.45, 7) is 3.15. The molecule has 0 aliphatic rings. The lowest BCUT2D eigenvalue weighted by atomic mass is 9.80. The van der Waals surface area contributed by atoms with Crippen LogP contribution in [0.25, 0.3) is 0 Å². The highest BCUT2D eigenvalue weighted by Gasteiger charge is 2.35. The quantitative estimate of drug-likeness (QED) is 0.126. The van der Waals surface area contributed by atoms with E-state index < -0.39 is 34.1 Å². The van der Waals surface area contributed by atoms with Crippen LogP contribution in [0, 0.1) is 11.3 Å². The molecule has 0 saturated heterocycles. The number of nitrogens with one attached hydrogen (secondary N) is 2. The largest absolute Gasteiger partial charge is 0.481 e. The molecule has 0 aromatic carbocycles. The van der Waals surface area contributed by atoms with Crippen molar-refractivity contribution in [1.82, 2.24) is 10.6 Å². The molecule has 0 aliphatic carbocycles. The summed E-state index contributed by atoms with van der Waals surface area (Å²) in [5.74, 6) is -3.50. The van der Waals surface area contributed by atoms with Gasteiger partial charge in [-0.25, -0.2) is 0 Å². The second-order valence-electron chi connectivity index (χ2n) is 7.74. The normalized spacial score (nSPS) is 12.9. The first-order chi connectivity index (χ1) is 14.9. The zero-order valence-electron chi connectivity index (χ0n) is 18.6. The number of halogens is 1. The Morgan fingerprint density at radius 2 is 1.62 bits per heavy atom. The summed E-state index contributed by atoms with van der Waals surface area (Å²) in [4.78, 5) is 57.8. The summed E-state index contributed by atoms with van der Waals surface area (Å²) in [5, 5.41) is 22.6. The van der Waals surface area contributed by atoms with E-state index in [0.717, 1.165) is 0 Å². The molecule has 0 fully saturated rings. The minimum absolute atomic E-state index is 0.0511. The molecular weight excluding hydrogens is 492 g/mol. The first-order valence-corrected chi connectivity index (χ1v) is 11.1. The third-order valence-corrected chi connectivity index (χ3v) is 5.41. The van der Waals surface area contributed by atoms with Crippen molar-refractivity contribution in [2.45, 2.75) is 50.8 Å². The number of methoxy groups -OCH3 is 1. The van der Waals surface area contributed by atoms with E-state index in [4.69, 9.17) is 19.7 Å². The van der Waals surface area contributed by atoms with Crippen molar-refractivity contribution in [2.75, 3.05) is 33.4 Å². The van der Waals surface area contributed by atoms with Crippen molar-refractivity contribution in [3.05, 3.63) is 0 Å². The SMILES string of the molecule is COC(=O)C(C)(C)CC(CCC(Br)C(=O)NCCOC(=O)CCC(=O)O)C(=O)NCCO. The van der Waals surface area contributed by atoms with Crippen molar-refractivity contribution < 1.29 is 43.7 Å². The van der Waals surface area contributed by atoms with Crippen molar-refractivity contribution in [1.29, 1.82) is 0 Å². The van der Waals surface area contributed by atoms with Crippen molar-refractivity contribution >= 4 is 45.7 Å². The monoisotopic (exact) mass is 524 g/mol. The number of alkyl halides is 1. The molecular formula is C20H33BrN2O9. The fraction of sp³-hybridized carbons (Fsp3) is 0.750. The topological polar surface area (TPSA) is 168 Å². The van der Waals surface area contributed by atoms with Gasteiger partial charge in [0.1, 0.15) is 6.61 Å². The summed E-state index contributed by atoms with van der Waals surface area (Å²) in [6, 6.07) is 0. The second-order valence-corrected chi connectivity index (χ2v) is 8.85. The number of carbonyl (C=O) groups is 5. The number of carboxylic acid groups (broad SMARTS) is 1. The number of carbonyl (C=O) groups excluding carboxylic acids is 4. The van der Waals surface area contributed by atoms with Crippen LogP contribution in [0.5, 0.6) is 0 Å². The molecule has 0 radical (unpaired) electrons. The zero-order chi connectivity index (χ0) is 24.7. The van der Waals surface area contributed by atoms with Crippen molar-refractivity contribution in [3.8, 4) is 0 Å². The Morgan fingerprint density at radius 3 is 2.19 bits per heavy atom. The lowest BCUT2D eigenvalue weighted by Crippen LogP contribution is -2.39. The van der Waals surface area contributed by atoms with Crippen LogP contribution in [-0.2, 0) is 33.4 Å². The van der Waals surface area contributed by atoms with Crippen molar-refractivity contribution in [2.24, 2.45) is 11.3 Å². The smallest absolute Gasteiger partial charge is 0.311 e. The van der Waals surface area contributed by atoms with Crippen molar-refractivity contribution in [3.63, 3.8) is 0 Å². The van der Waals surface area contributed by atoms with Crippen LogP contribution < -0.4 is 10.6 Å². The lowest BCUT2D eigenvalue weighted by molar-refractivity contribution is -0.152. The molecule has 0 aromatic rings. The van der Waals surface area contributed by atoms with Gasteiger partial charge in [-0.1, -0.05) is 15.9 Å². The molecule has 0 bridgehead atoms. The summed E-state index contributed by atoms with van der Waals surface area (Å²) in [5.41, 5.74) is -0.912. The number of hydrogen-bond donors (Lipinski definition) is 4. The van der Waals surface area contributed by atoms with Gasteiger partial charge in [-0.05, 0) is 33.1 Å². The number of hydrogen-bond acceptors (Lipinski definition) is 8. The van der Waals surface area contributed by atoms with E-state index in [1.807, 2.05) is 0 Å². The van der Waals surface area contributed by atoms with Gasteiger partial charge in [0.15, 0.2) is 0 Å². The minimum Gasteiger partial charge on any atom is -0.481 e. The number of ether oxygens (including phenoxy) is 2. The predicted octanol–water partition coefficient (Wildman–Crippen LogP) is 0.368. The third-order valence-electron chi connectivity index (χ3n) is 4.54. The fourth-order valence-corrected chi connectivity index (χ4v) is 3.26. The number of amides is 2. The molecule has 0 heterocycles. The summed E-state index contributed by atoms with van der Waals surface area (Å²) in [6.07, 6.45) is 0.217. The number of carboxylic acids is 1. The van der Waals surface area contributed by atoms with Crippen LogP contribution in [0.4, 0.5) is 0 Å². The highest BCUT2D eigenvalue weighted by atomic mass is 79.9. The van der Waals surface area contributed by atoms with E-state index in [9.17, 15) is 24.0 Å². The van der Waals surface area contributed by atoms with Crippen LogP contribution in [0.1, 0.15) is 46.0 Å². The Kier molecular flexibility index (Phi) is 14.5. The highest BCUT2D eigenvalue weighted by molar-refractivity contribution is 9.10. The molecule has 2 amide bonds. The van der Waals surface area contributed by atoms with Crippen LogP contribution in [-0.4, -0.2) is 78.2 Å². The molecule has 0 spiro atoms. The third kappa shape index (κ3) is 12.6.